The fraction of sp³-hybridized carbons (Fsp3) is 0. The van der Waals surface area contributed by atoms with Gasteiger partial charge in [0.1, 0.15) is 6.33 Å². The lowest BCUT2D eigenvalue weighted by Gasteiger charge is -2.04. The quantitative estimate of drug-likeness (QED) is 0.673. The predicted octanol–water partition coefficient (Wildman–Crippen LogP) is 0.404. The van der Waals surface area contributed by atoms with Gasteiger partial charge in [-0.25, -0.2) is 24.4 Å². The summed E-state index contributed by atoms with van der Waals surface area (Å²) in [5, 5.41) is 14.4. The zero-order chi connectivity index (χ0) is 15.4. The number of hydrogen-bond acceptors (Lipinski definition) is 6. The number of nitrogens with one attached hydrogen (secondary N) is 1. The first-order chi connectivity index (χ1) is 9.95. The van der Waals surface area contributed by atoms with E-state index in [-0.39, 0.29) is 11.5 Å². The highest BCUT2D eigenvalue weighted by molar-refractivity contribution is 9.10. The molecule has 0 unspecified atom stereocenters. The molecular formula is C10H8BrN7O3. The fourth-order valence-corrected chi connectivity index (χ4v) is 1.63. The molecule has 2 heterocycles. The van der Waals surface area contributed by atoms with E-state index in [1.165, 1.54) is 29.6 Å². The lowest BCUT2D eigenvalue weighted by molar-refractivity contribution is -0.112. The number of hydrogen-bond donors (Lipinski definition) is 3. The normalized spacial score (nSPS) is 11.2. The van der Waals surface area contributed by atoms with Crippen molar-refractivity contribution in [2.45, 2.75) is 0 Å². The van der Waals surface area contributed by atoms with Crippen LogP contribution in [0, 0.1) is 0 Å². The van der Waals surface area contributed by atoms with Gasteiger partial charge in [-0.2, -0.15) is 0 Å². The Morgan fingerprint density at radius 2 is 2.00 bits per heavy atom. The molecule has 0 atom stereocenters. The van der Waals surface area contributed by atoms with Crippen molar-refractivity contribution >= 4 is 45.7 Å². The summed E-state index contributed by atoms with van der Waals surface area (Å²) >= 11 is 3.07. The second-order valence-corrected chi connectivity index (χ2v) is 4.34. The van der Waals surface area contributed by atoms with Crippen molar-refractivity contribution in [1.82, 2.24) is 24.7 Å². The zero-order valence-electron chi connectivity index (χ0n) is 10.3. The maximum Gasteiger partial charge on any atom is 0.411 e. The van der Waals surface area contributed by atoms with Gasteiger partial charge < -0.3 is 10.8 Å². The van der Waals surface area contributed by atoms with E-state index < -0.39 is 12.0 Å². The molecular weight excluding hydrogens is 346 g/mol. The Hall–Kier alpha value is -2.82. The number of amides is 2. The van der Waals surface area contributed by atoms with E-state index >= 15 is 0 Å². The summed E-state index contributed by atoms with van der Waals surface area (Å²) in [6.07, 6.45) is 3.96. The first-order valence-corrected chi connectivity index (χ1v) is 6.15. The fourth-order valence-electron chi connectivity index (χ4n) is 1.36. The van der Waals surface area contributed by atoms with Crippen LogP contribution in [0.1, 0.15) is 5.56 Å². The molecule has 0 radical (unpaired) electrons. The smallest absolute Gasteiger partial charge is 0.411 e. The molecule has 2 aromatic heterocycles. The summed E-state index contributed by atoms with van der Waals surface area (Å²) in [6, 6.07) is 0. The number of primary amides is 1. The third kappa shape index (κ3) is 3.82. The Labute approximate surface area is 125 Å². The van der Waals surface area contributed by atoms with Crippen LogP contribution in [0.4, 0.5) is 10.7 Å². The lowest BCUT2D eigenvalue weighted by atomic mass is 10.1. The van der Waals surface area contributed by atoms with Gasteiger partial charge in [0.15, 0.2) is 0 Å². The average Bonchev–Trinajstić information content (AvgIpc) is 2.82. The Kier molecular flexibility index (Phi) is 4.23. The van der Waals surface area contributed by atoms with Crippen molar-refractivity contribution in [3.8, 4) is 0 Å². The van der Waals surface area contributed by atoms with Gasteiger partial charge in [-0.1, -0.05) is 0 Å². The molecule has 2 aromatic rings. The molecule has 11 heteroatoms. The van der Waals surface area contributed by atoms with Crippen LogP contribution in [0.3, 0.4) is 0 Å². The number of halogens is 1. The molecule has 0 saturated carbocycles. The predicted molar refractivity (Wildman–Crippen MR) is 74.8 cm³/mol. The minimum absolute atomic E-state index is 0.0919. The second-order valence-electron chi connectivity index (χ2n) is 3.63. The van der Waals surface area contributed by atoms with Crippen LogP contribution in [0.2, 0.25) is 0 Å². The minimum Gasteiger partial charge on any atom is -0.465 e. The number of carbonyl (C=O) groups is 2. The maximum atomic E-state index is 11.5. The van der Waals surface area contributed by atoms with Crippen molar-refractivity contribution in [1.29, 1.82) is 0 Å². The van der Waals surface area contributed by atoms with Crippen molar-refractivity contribution < 1.29 is 14.7 Å². The highest BCUT2D eigenvalue weighted by Gasteiger charge is 2.11. The van der Waals surface area contributed by atoms with Gasteiger partial charge in [-0.05, 0) is 15.9 Å². The Balaban J connectivity index is 2.32. The van der Waals surface area contributed by atoms with E-state index in [1.807, 2.05) is 5.32 Å². The molecule has 0 aromatic carbocycles. The molecule has 0 aliphatic rings. The lowest BCUT2D eigenvalue weighted by Crippen LogP contribution is -2.15. The molecule has 4 N–H and O–H groups in total. The van der Waals surface area contributed by atoms with Crippen molar-refractivity contribution in [3.63, 3.8) is 0 Å². The van der Waals surface area contributed by atoms with E-state index in [4.69, 9.17) is 10.8 Å². The largest absolute Gasteiger partial charge is 0.465 e. The van der Waals surface area contributed by atoms with E-state index in [2.05, 4.69) is 36.0 Å². The summed E-state index contributed by atoms with van der Waals surface area (Å²) in [7, 11) is 0. The molecule has 0 spiro atoms. The van der Waals surface area contributed by atoms with E-state index in [0.29, 0.717) is 10.3 Å². The van der Waals surface area contributed by atoms with Crippen LogP contribution >= 0.6 is 15.9 Å². The van der Waals surface area contributed by atoms with Gasteiger partial charge in [0, 0.05) is 24.2 Å². The van der Waals surface area contributed by atoms with E-state index in [1.54, 1.807) is 0 Å². The summed E-state index contributed by atoms with van der Waals surface area (Å²) in [6.45, 7) is 0. The number of nitrogens with two attached hydrogens (primary N) is 1. The second kappa shape index (κ2) is 6.09. The van der Waals surface area contributed by atoms with Crippen molar-refractivity contribution in [3.05, 3.63) is 29.0 Å². The highest BCUT2D eigenvalue weighted by Crippen LogP contribution is 2.14. The molecule has 108 valence electrons. The summed E-state index contributed by atoms with van der Waals surface area (Å²) in [5.41, 5.74) is 5.70. The van der Waals surface area contributed by atoms with Crippen LogP contribution < -0.4 is 11.1 Å². The standard InChI is InChI=1S/C10H8BrN7O3/c11-8-15-4-18(17-8)3-6(7(12)19)5-1-13-9(14-2-5)16-10(20)21/h1-4H,(H2,12,19)(H,20,21)(H,13,14,16)/b6-3+. The van der Waals surface area contributed by atoms with E-state index in [9.17, 15) is 9.59 Å². The molecule has 0 saturated heterocycles. The van der Waals surface area contributed by atoms with Gasteiger partial charge in [0.25, 0.3) is 5.91 Å². The van der Waals surface area contributed by atoms with Crippen LogP contribution in [-0.4, -0.2) is 41.8 Å². The number of carbonyl (C=O) groups excluding carboxylic acids is 1. The molecule has 21 heavy (non-hydrogen) atoms. The van der Waals surface area contributed by atoms with Gasteiger partial charge in [0.05, 0.1) is 5.57 Å². The Morgan fingerprint density at radius 3 is 2.48 bits per heavy atom. The summed E-state index contributed by atoms with van der Waals surface area (Å²) in [5.74, 6) is -0.831. The molecule has 2 amide bonds. The topological polar surface area (TPSA) is 149 Å². The first-order valence-electron chi connectivity index (χ1n) is 5.36. The Morgan fingerprint density at radius 1 is 1.33 bits per heavy atom. The molecule has 0 aliphatic carbocycles. The van der Waals surface area contributed by atoms with E-state index in [0.717, 1.165) is 0 Å². The summed E-state index contributed by atoms with van der Waals surface area (Å²) in [4.78, 5) is 33.3. The summed E-state index contributed by atoms with van der Waals surface area (Å²) < 4.78 is 1.63. The van der Waals surface area contributed by atoms with Gasteiger partial charge in [-0.3, -0.25) is 10.1 Å². The Bertz CT molecular complexity index is 710. The number of aromatic nitrogens is 5. The minimum atomic E-state index is -1.29. The monoisotopic (exact) mass is 353 g/mol. The third-order valence-electron chi connectivity index (χ3n) is 2.19. The van der Waals surface area contributed by atoms with Crippen LogP contribution in [0.5, 0.6) is 0 Å². The average molecular weight is 354 g/mol. The number of nitrogens with zero attached hydrogens (tertiary/aromatic N) is 5. The van der Waals surface area contributed by atoms with Crippen LogP contribution in [0.25, 0.3) is 11.8 Å². The maximum absolute atomic E-state index is 11.5. The van der Waals surface area contributed by atoms with Crippen molar-refractivity contribution in [2.24, 2.45) is 5.73 Å². The van der Waals surface area contributed by atoms with Crippen LogP contribution in [-0.2, 0) is 4.79 Å². The molecule has 10 nitrogen and oxygen atoms in total. The molecule has 2 rings (SSSR count). The van der Waals surface area contributed by atoms with Crippen LogP contribution in [0.15, 0.2) is 23.5 Å². The third-order valence-corrected chi connectivity index (χ3v) is 2.55. The zero-order valence-corrected chi connectivity index (χ0v) is 11.9. The number of anilines is 1. The van der Waals surface area contributed by atoms with Gasteiger partial charge in [0.2, 0.25) is 10.7 Å². The molecule has 0 bridgehead atoms. The SMILES string of the molecule is NC(=O)/C(=C/n1cnc(Br)n1)c1cnc(NC(=O)O)nc1. The number of rotatable bonds is 4. The first kappa shape index (κ1) is 14.6. The molecule has 0 fully saturated rings. The van der Waals surface area contributed by atoms with Gasteiger partial charge >= 0.3 is 6.09 Å². The highest BCUT2D eigenvalue weighted by atomic mass is 79.9. The molecule has 0 aliphatic heterocycles. The van der Waals surface area contributed by atoms with Crippen molar-refractivity contribution in [2.75, 3.05) is 5.32 Å². The number of carboxylic acid groups (broad SMARTS) is 1. The van der Waals surface area contributed by atoms with Gasteiger partial charge in [-0.15, -0.1) is 5.10 Å².